The minimum absolute atomic E-state index is 0.0203. The molecule has 2 amide bonds. The molecule has 0 aliphatic carbocycles. The molecular weight excluding hydrogens is 304 g/mol. The summed E-state index contributed by atoms with van der Waals surface area (Å²) >= 11 is 6.16. The van der Waals surface area contributed by atoms with E-state index in [1.807, 2.05) is 13.8 Å². The molecule has 0 atom stereocenters. The first-order valence-electron chi connectivity index (χ1n) is 7.43. The van der Waals surface area contributed by atoms with Gasteiger partial charge in [-0.2, -0.15) is 0 Å². The number of hydrogen-bond donors (Lipinski definition) is 1. The lowest BCUT2D eigenvalue weighted by molar-refractivity contribution is -0.123. The van der Waals surface area contributed by atoms with Crippen LogP contribution in [0.2, 0.25) is 5.02 Å². The van der Waals surface area contributed by atoms with E-state index < -0.39 is 0 Å². The van der Waals surface area contributed by atoms with Gasteiger partial charge in [0.1, 0.15) is 5.75 Å². The molecule has 1 saturated heterocycles. The van der Waals surface area contributed by atoms with Crippen molar-refractivity contribution >= 4 is 23.4 Å². The van der Waals surface area contributed by atoms with Crippen molar-refractivity contribution < 1.29 is 14.3 Å². The summed E-state index contributed by atoms with van der Waals surface area (Å²) in [6.45, 7) is 4.90. The number of hydrogen-bond acceptors (Lipinski definition) is 3. The number of nitrogens with two attached hydrogens (primary N) is 1. The lowest BCUT2D eigenvalue weighted by Gasteiger charge is -2.30. The maximum Gasteiger partial charge on any atom is 0.253 e. The van der Waals surface area contributed by atoms with E-state index in [2.05, 4.69) is 0 Å². The average Bonchev–Trinajstić information content (AvgIpc) is 2.48. The Hall–Kier alpha value is -1.75. The van der Waals surface area contributed by atoms with Crippen LogP contribution < -0.4 is 10.5 Å². The highest BCUT2D eigenvalue weighted by atomic mass is 35.5. The number of amides is 2. The van der Waals surface area contributed by atoms with Gasteiger partial charge in [0.05, 0.1) is 11.1 Å². The van der Waals surface area contributed by atoms with Crippen LogP contribution in [0.25, 0.3) is 0 Å². The molecular formula is C16H21ClN2O3. The van der Waals surface area contributed by atoms with Gasteiger partial charge in [-0.25, -0.2) is 0 Å². The quantitative estimate of drug-likeness (QED) is 0.924. The Bertz CT molecular complexity index is 567. The van der Waals surface area contributed by atoms with Gasteiger partial charge in [0.25, 0.3) is 5.91 Å². The van der Waals surface area contributed by atoms with Crippen molar-refractivity contribution in [1.82, 2.24) is 4.90 Å². The fourth-order valence-corrected chi connectivity index (χ4v) is 2.76. The second-order valence-electron chi connectivity index (χ2n) is 5.78. The van der Waals surface area contributed by atoms with Crippen LogP contribution in [0.4, 0.5) is 0 Å². The van der Waals surface area contributed by atoms with Gasteiger partial charge in [-0.1, -0.05) is 11.6 Å². The molecule has 2 rings (SSSR count). The van der Waals surface area contributed by atoms with Gasteiger partial charge in [0.2, 0.25) is 5.91 Å². The summed E-state index contributed by atoms with van der Waals surface area (Å²) in [7, 11) is 0. The smallest absolute Gasteiger partial charge is 0.253 e. The Morgan fingerprint density at radius 3 is 2.45 bits per heavy atom. The van der Waals surface area contributed by atoms with Crippen LogP contribution in [0.5, 0.6) is 5.75 Å². The zero-order valence-corrected chi connectivity index (χ0v) is 13.6. The second kappa shape index (κ2) is 7.01. The van der Waals surface area contributed by atoms with Gasteiger partial charge in [0.15, 0.2) is 0 Å². The standard InChI is InChI=1S/C16H21ClN2O3/c1-10(2)22-14-4-3-12(9-13(14)17)16(21)19-7-5-11(6-8-19)15(18)20/h3-4,9-11H,5-8H2,1-2H3,(H2,18,20). The Morgan fingerprint density at radius 2 is 1.95 bits per heavy atom. The van der Waals surface area contributed by atoms with E-state index in [4.69, 9.17) is 22.1 Å². The number of benzene rings is 1. The third-order valence-corrected chi connectivity index (χ3v) is 4.02. The first-order valence-corrected chi connectivity index (χ1v) is 7.81. The van der Waals surface area contributed by atoms with Gasteiger partial charge in [-0.15, -0.1) is 0 Å². The molecule has 1 fully saturated rings. The molecule has 0 bridgehead atoms. The monoisotopic (exact) mass is 324 g/mol. The van der Waals surface area contributed by atoms with E-state index in [9.17, 15) is 9.59 Å². The summed E-state index contributed by atoms with van der Waals surface area (Å²) in [5.74, 6) is 0.0707. The third kappa shape index (κ3) is 3.91. The molecule has 1 aromatic carbocycles. The van der Waals surface area contributed by atoms with Gasteiger partial charge < -0.3 is 15.4 Å². The van der Waals surface area contributed by atoms with Gasteiger partial charge in [-0.05, 0) is 44.9 Å². The van der Waals surface area contributed by atoms with E-state index in [0.717, 1.165) is 0 Å². The highest BCUT2D eigenvalue weighted by Gasteiger charge is 2.26. The molecule has 0 saturated carbocycles. The molecule has 1 heterocycles. The molecule has 120 valence electrons. The number of halogens is 1. The number of rotatable bonds is 4. The fourth-order valence-electron chi connectivity index (χ4n) is 2.53. The van der Waals surface area contributed by atoms with E-state index in [-0.39, 0.29) is 23.8 Å². The van der Waals surface area contributed by atoms with Crippen molar-refractivity contribution in [3.63, 3.8) is 0 Å². The normalized spacial score (nSPS) is 15.9. The van der Waals surface area contributed by atoms with Crippen molar-refractivity contribution in [2.75, 3.05) is 13.1 Å². The minimum Gasteiger partial charge on any atom is -0.489 e. The Balaban J connectivity index is 2.04. The molecule has 1 aliphatic heterocycles. The molecule has 5 nitrogen and oxygen atoms in total. The van der Waals surface area contributed by atoms with Crippen molar-refractivity contribution in [2.45, 2.75) is 32.8 Å². The van der Waals surface area contributed by atoms with Crippen LogP contribution in [-0.2, 0) is 4.79 Å². The number of piperidine rings is 1. The Kier molecular flexibility index (Phi) is 5.29. The van der Waals surface area contributed by atoms with Crippen LogP contribution in [0, 0.1) is 5.92 Å². The highest BCUT2D eigenvalue weighted by Crippen LogP contribution is 2.27. The second-order valence-corrected chi connectivity index (χ2v) is 6.19. The number of nitrogens with zero attached hydrogens (tertiary/aromatic N) is 1. The minimum atomic E-state index is -0.287. The zero-order chi connectivity index (χ0) is 16.3. The number of ether oxygens (including phenoxy) is 1. The van der Waals surface area contributed by atoms with Crippen molar-refractivity contribution in [2.24, 2.45) is 11.7 Å². The lowest BCUT2D eigenvalue weighted by atomic mass is 9.96. The predicted molar refractivity (Wildman–Crippen MR) is 85.0 cm³/mol. The average molecular weight is 325 g/mol. The lowest BCUT2D eigenvalue weighted by Crippen LogP contribution is -2.41. The largest absolute Gasteiger partial charge is 0.489 e. The van der Waals surface area contributed by atoms with E-state index in [1.54, 1.807) is 23.1 Å². The van der Waals surface area contributed by atoms with Gasteiger partial charge in [0, 0.05) is 24.6 Å². The molecule has 6 heteroatoms. The maximum atomic E-state index is 12.5. The summed E-state index contributed by atoms with van der Waals surface area (Å²) in [6, 6.07) is 5.06. The molecule has 22 heavy (non-hydrogen) atoms. The molecule has 1 aliphatic rings. The molecule has 2 N–H and O–H groups in total. The van der Waals surface area contributed by atoms with Crippen molar-refractivity contribution in [3.8, 4) is 5.75 Å². The number of primary amides is 1. The number of likely N-dealkylation sites (tertiary alicyclic amines) is 1. The Labute approximate surface area is 135 Å². The van der Waals surface area contributed by atoms with E-state index >= 15 is 0 Å². The first kappa shape index (κ1) is 16.6. The first-order chi connectivity index (χ1) is 10.4. The van der Waals surface area contributed by atoms with Crippen LogP contribution in [0.3, 0.4) is 0 Å². The Morgan fingerprint density at radius 1 is 1.32 bits per heavy atom. The van der Waals surface area contributed by atoms with Gasteiger partial charge in [-0.3, -0.25) is 9.59 Å². The summed E-state index contributed by atoms with van der Waals surface area (Å²) in [6.07, 6.45) is 1.25. The van der Waals surface area contributed by atoms with E-state index in [1.165, 1.54) is 0 Å². The zero-order valence-electron chi connectivity index (χ0n) is 12.8. The van der Waals surface area contributed by atoms with Crippen molar-refractivity contribution in [3.05, 3.63) is 28.8 Å². The fraction of sp³-hybridized carbons (Fsp3) is 0.500. The summed E-state index contributed by atoms with van der Waals surface area (Å²) in [5, 5.41) is 0.423. The molecule has 1 aromatic rings. The van der Waals surface area contributed by atoms with Crippen LogP contribution in [0.1, 0.15) is 37.0 Å². The topological polar surface area (TPSA) is 72.6 Å². The van der Waals surface area contributed by atoms with Crippen LogP contribution in [-0.4, -0.2) is 35.9 Å². The molecule has 0 spiro atoms. The molecule has 0 unspecified atom stereocenters. The van der Waals surface area contributed by atoms with Crippen LogP contribution >= 0.6 is 11.6 Å². The SMILES string of the molecule is CC(C)Oc1ccc(C(=O)N2CCC(C(N)=O)CC2)cc1Cl. The summed E-state index contributed by atoms with van der Waals surface area (Å²) in [4.78, 5) is 25.4. The third-order valence-electron chi connectivity index (χ3n) is 3.73. The number of carbonyl (C=O) groups is 2. The molecule has 0 aromatic heterocycles. The summed E-state index contributed by atoms with van der Waals surface area (Å²) < 4.78 is 5.56. The van der Waals surface area contributed by atoms with Gasteiger partial charge >= 0.3 is 0 Å². The van der Waals surface area contributed by atoms with Crippen molar-refractivity contribution in [1.29, 1.82) is 0 Å². The maximum absolute atomic E-state index is 12.5. The summed E-state index contributed by atoms with van der Waals surface area (Å²) in [5.41, 5.74) is 5.83. The predicted octanol–water partition coefficient (Wildman–Crippen LogP) is 2.46. The number of carbonyl (C=O) groups excluding carboxylic acids is 2. The van der Waals surface area contributed by atoms with Crippen LogP contribution in [0.15, 0.2) is 18.2 Å². The molecule has 0 radical (unpaired) electrons. The highest BCUT2D eigenvalue weighted by molar-refractivity contribution is 6.32. The van der Waals surface area contributed by atoms with E-state index in [0.29, 0.717) is 42.3 Å².